The van der Waals surface area contributed by atoms with Crippen LogP contribution in [0.3, 0.4) is 0 Å². The van der Waals surface area contributed by atoms with Gasteiger partial charge in [-0.2, -0.15) is 11.8 Å². The molecule has 1 aromatic carbocycles. The molecule has 8 heteroatoms. The summed E-state index contributed by atoms with van der Waals surface area (Å²) in [5.74, 6) is 1.16. The summed E-state index contributed by atoms with van der Waals surface area (Å²) in [5.41, 5.74) is 1.31. The third kappa shape index (κ3) is 6.29. The molecular weight excluding hydrogens is 410 g/mol. The molecule has 3 fully saturated rings. The molecular formula is C23H35N5O2S. The molecule has 3 amide bonds. The lowest BCUT2D eigenvalue weighted by Crippen LogP contribution is -2.47. The molecule has 4 rings (SSSR count). The molecule has 3 aliphatic heterocycles. The first-order valence-electron chi connectivity index (χ1n) is 11.7. The number of hydrogen-bond acceptors (Lipinski definition) is 5. The van der Waals surface area contributed by atoms with Crippen LogP contribution in [-0.4, -0.2) is 79.2 Å². The fraction of sp³-hybridized carbons (Fsp3) is 0.652. The predicted octanol–water partition coefficient (Wildman–Crippen LogP) is 2.04. The molecule has 0 unspecified atom stereocenters. The van der Waals surface area contributed by atoms with E-state index >= 15 is 0 Å². The molecule has 0 bridgehead atoms. The highest BCUT2D eigenvalue weighted by Gasteiger charge is 2.42. The number of urea groups is 1. The van der Waals surface area contributed by atoms with Crippen molar-refractivity contribution in [3.05, 3.63) is 30.3 Å². The molecule has 0 spiro atoms. The highest BCUT2D eigenvalue weighted by Crippen LogP contribution is 2.33. The molecule has 0 aromatic heterocycles. The second-order valence-corrected chi connectivity index (χ2v) is 10.0. The van der Waals surface area contributed by atoms with E-state index in [-0.39, 0.29) is 24.0 Å². The fourth-order valence-corrected chi connectivity index (χ4v) is 6.31. The van der Waals surface area contributed by atoms with Crippen molar-refractivity contribution >= 4 is 29.4 Å². The number of carbonyl (C=O) groups excluding carboxylic acids is 2. The Labute approximate surface area is 189 Å². The standard InChI is InChI=1S/C23H35N5O2S/c29-21(10-5-4-9-20-22-19(17-31-20)25-23(30)26-22)24-11-6-12-27-13-15-28(16-14-27)18-7-2-1-3-8-18/h1-3,7-8,19-20,22H,4-6,9-17H2,(H,24,29)(H2,25,26,30)/t19-,20-,22-/m1/s1. The van der Waals surface area contributed by atoms with Crippen molar-refractivity contribution < 1.29 is 9.59 Å². The molecule has 0 saturated carbocycles. The Hall–Kier alpha value is -1.93. The maximum Gasteiger partial charge on any atom is 0.315 e. The van der Waals surface area contributed by atoms with Crippen molar-refractivity contribution in [1.29, 1.82) is 0 Å². The summed E-state index contributed by atoms with van der Waals surface area (Å²) in [4.78, 5) is 28.5. The summed E-state index contributed by atoms with van der Waals surface area (Å²) in [6, 6.07) is 11.1. The number of hydrogen-bond donors (Lipinski definition) is 3. The van der Waals surface area contributed by atoms with Crippen LogP contribution in [-0.2, 0) is 4.79 Å². The summed E-state index contributed by atoms with van der Waals surface area (Å²) < 4.78 is 0. The lowest BCUT2D eigenvalue weighted by atomic mass is 10.0. The van der Waals surface area contributed by atoms with Gasteiger partial charge in [-0.15, -0.1) is 0 Å². The van der Waals surface area contributed by atoms with E-state index in [9.17, 15) is 9.59 Å². The Morgan fingerprint density at radius 3 is 2.68 bits per heavy atom. The number of carbonyl (C=O) groups is 2. The van der Waals surface area contributed by atoms with Crippen molar-refractivity contribution in [2.24, 2.45) is 0 Å². The highest BCUT2D eigenvalue weighted by atomic mass is 32.2. The van der Waals surface area contributed by atoms with Crippen LogP contribution < -0.4 is 20.9 Å². The van der Waals surface area contributed by atoms with Gasteiger partial charge in [0.05, 0.1) is 12.1 Å². The van der Waals surface area contributed by atoms with Crippen LogP contribution in [0.15, 0.2) is 30.3 Å². The molecule has 3 heterocycles. The molecule has 0 radical (unpaired) electrons. The fourth-order valence-electron chi connectivity index (χ4n) is 4.76. The van der Waals surface area contributed by atoms with Gasteiger partial charge < -0.3 is 20.9 Å². The first-order valence-corrected chi connectivity index (χ1v) is 12.7. The third-order valence-electron chi connectivity index (χ3n) is 6.55. The van der Waals surface area contributed by atoms with Gasteiger partial charge in [-0.25, -0.2) is 4.79 Å². The number of thioether (sulfide) groups is 1. The van der Waals surface area contributed by atoms with E-state index in [1.807, 2.05) is 11.8 Å². The van der Waals surface area contributed by atoms with Gasteiger partial charge in [0.2, 0.25) is 5.91 Å². The van der Waals surface area contributed by atoms with Crippen LogP contribution in [0, 0.1) is 0 Å². The lowest BCUT2D eigenvalue weighted by Gasteiger charge is -2.36. The van der Waals surface area contributed by atoms with Crippen LogP contribution in [0.5, 0.6) is 0 Å². The van der Waals surface area contributed by atoms with E-state index in [0.29, 0.717) is 11.7 Å². The third-order valence-corrected chi connectivity index (χ3v) is 8.06. The number of amides is 3. The first-order chi connectivity index (χ1) is 15.2. The Balaban J connectivity index is 1.01. The van der Waals surface area contributed by atoms with Crippen molar-refractivity contribution in [2.45, 2.75) is 49.4 Å². The van der Waals surface area contributed by atoms with Crippen LogP contribution >= 0.6 is 11.8 Å². The van der Waals surface area contributed by atoms with Crippen LogP contribution in [0.2, 0.25) is 0 Å². The number of nitrogens with one attached hydrogen (secondary N) is 3. The van der Waals surface area contributed by atoms with E-state index in [1.165, 1.54) is 5.69 Å². The molecule has 0 aliphatic carbocycles. The van der Waals surface area contributed by atoms with Crippen molar-refractivity contribution in [2.75, 3.05) is 49.9 Å². The van der Waals surface area contributed by atoms with Gasteiger partial charge in [0.15, 0.2) is 0 Å². The Bertz CT molecular complexity index is 726. The smallest absolute Gasteiger partial charge is 0.315 e. The van der Waals surface area contributed by atoms with Gasteiger partial charge >= 0.3 is 6.03 Å². The summed E-state index contributed by atoms with van der Waals surface area (Å²) >= 11 is 1.94. The second kappa shape index (κ2) is 11.1. The number of rotatable bonds is 10. The molecule has 3 saturated heterocycles. The van der Waals surface area contributed by atoms with Gasteiger partial charge in [-0.3, -0.25) is 9.69 Å². The number of nitrogens with zero attached hydrogens (tertiary/aromatic N) is 2. The lowest BCUT2D eigenvalue weighted by molar-refractivity contribution is -0.121. The Kier molecular flexibility index (Phi) is 7.97. The largest absolute Gasteiger partial charge is 0.369 e. The van der Waals surface area contributed by atoms with Gasteiger partial charge in [-0.05, 0) is 37.9 Å². The van der Waals surface area contributed by atoms with E-state index in [1.54, 1.807) is 0 Å². The Morgan fingerprint density at radius 1 is 1.06 bits per heavy atom. The molecule has 7 nitrogen and oxygen atoms in total. The summed E-state index contributed by atoms with van der Waals surface area (Å²) in [5, 5.41) is 9.57. The normalized spacial score (nSPS) is 25.7. The zero-order valence-electron chi connectivity index (χ0n) is 18.2. The van der Waals surface area contributed by atoms with E-state index in [2.05, 4.69) is 56.1 Å². The van der Waals surface area contributed by atoms with Crippen molar-refractivity contribution in [3.63, 3.8) is 0 Å². The quantitative estimate of drug-likeness (QED) is 0.380. The summed E-state index contributed by atoms with van der Waals surface area (Å²) in [6.45, 7) is 6.11. The van der Waals surface area contributed by atoms with Crippen molar-refractivity contribution in [1.82, 2.24) is 20.9 Å². The molecule has 31 heavy (non-hydrogen) atoms. The molecule has 3 aliphatic rings. The molecule has 3 N–H and O–H groups in total. The maximum absolute atomic E-state index is 12.1. The Morgan fingerprint density at radius 2 is 1.87 bits per heavy atom. The van der Waals surface area contributed by atoms with Crippen LogP contribution in [0.25, 0.3) is 0 Å². The van der Waals surface area contributed by atoms with E-state index in [4.69, 9.17) is 0 Å². The molecule has 1 aromatic rings. The zero-order valence-corrected chi connectivity index (χ0v) is 19.0. The van der Waals surface area contributed by atoms with Gasteiger partial charge in [0.1, 0.15) is 0 Å². The number of unbranched alkanes of at least 4 members (excludes halogenated alkanes) is 1. The topological polar surface area (TPSA) is 76.7 Å². The number of piperazine rings is 1. The summed E-state index contributed by atoms with van der Waals surface area (Å²) in [7, 11) is 0. The highest BCUT2D eigenvalue weighted by molar-refractivity contribution is 8.00. The number of fused-ring (bicyclic) bond motifs is 1. The average Bonchev–Trinajstić information content (AvgIpc) is 3.34. The second-order valence-electron chi connectivity index (χ2n) is 8.74. The van der Waals surface area contributed by atoms with E-state index in [0.717, 1.165) is 70.7 Å². The van der Waals surface area contributed by atoms with Crippen LogP contribution in [0.4, 0.5) is 10.5 Å². The molecule has 3 atom stereocenters. The molecule has 170 valence electrons. The summed E-state index contributed by atoms with van der Waals surface area (Å²) in [6.07, 6.45) is 4.63. The SMILES string of the molecule is O=C(CCCC[C@H]1SC[C@H]2NC(=O)N[C@H]21)NCCCN1CCN(c2ccccc2)CC1. The van der Waals surface area contributed by atoms with Crippen LogP contribution in [0.1, 0.15) is 32.1 Å². The number of benzene rings is 1. The van der Waals surface area contributed by atoms with Crippen molar-refractivity contribution in [3.8, 4) is 0 Å². The number of anilines is 1. The minimum Gasteiger partial charge on any atom is -0.369 e. The maximum atomic E-state index is 12.1. The first kappa shape index (κ1) is 22.3. The van der Waals surface area contributed by atoms with E-state index < -0.39 is 0 Å². The van der Waals surface area contributed by atoms with Gasteiger partial charge in [-0.1, -0.05) is 24.6 Å². The predicted molar refractivity (Wildman–Crippen MR) is 127 cm³/mol. The van der Waals surface area contributed by atoms with Gasteiger partial charge in [0, 0.05) is 55.8 Å². The number of para-hydroxylation sites is 1. The van der Waals surface area contributed by atoms with Gasteiger partial charge in [0.25, 0.3) is 0 Å². The monoisotopic (exact) mass is 445 g/mol. The zero-order chi connectivity index (χ0) is 21.5. The minimum absolute atomic E-state index is 0.0299. The minimum atomic E-state index is -0.0299. The average molecular weight is 446 g/mol.